The average Bonchev–Trinajstić information content (AvgIpc) is 2.40. The third-order valence-electron chi connectivity index (χ3n) is 2.86. The van der Waals surface area contributed by atoms with Crippen LogP contribution in [0, 0.1) is 5.92 Å². The first-order chi connectivity index (χ1) is 9.00. The average molecular weight is 259 g/mol. The van der Waals surface area contributed by atoms with E-state index in [1.165, 1.54) is 4.57 Å². The minimum absolute atomic E-state index is 0.143. The molecule has 0 radical (unpaired) electrons. The van der Waals surface area contributed by atoms with Crippen molar-refractivity contribution in [2.75, 3.05) is 6.54 Å². The summed E-state index contributed by atoms with van der Waals surface area (Å²) >= 11 is 0. The summed E-state index contributed by atoms with van der Waals surface area (Å²) in [6, 6.07) is 7.02. The van der Waals surface area contributed by atoms with Gasteiger partial charge in [-0.3, -0.25) is 14.2 Å². The number of rotatable bonds is 3. The molecule has 2 rings (SSSR count). The van der Waals surface area contributed by atoms with Crippen molar-refractivity contribution in [1.82, 2.24) is 14.9 Å². The van der Waals surface area contributed by atoms with Gasteiger partial charge in [0.2, 0.25) is 5.82 Å². The number of aromatic nitrogens is 2. The molecule has 100 valence electrons. The Bertz CT molecular complexity index is 674. The predicted octanol–water partition coefficient (Wildman–Crippen LogP) is 1.32. The largest absolute Gasteiger partial charge is 0.349 e. The van der Waals surface area contributed by atoms with Crippen LogP contribution >= 0.6 is 0 Å². The molecule has 0 atom stereocenters. The van der Waals surface area contributed by atoms with Gasteiger partial charge in [0.05, 0.1) is 10.9 Å². The summed E-state index contributed by atoms with van der Waals surface area (Å²) in [5.41, 5.74) is 0.334. The topological polar surface area (TPSA) is 64.0 Å². The number of carbonyl (C=O) groups excluding carboxylic acids is 1. The zero-order chi connectivity index (χ0) is 14.0. The smallest absolute Gasteiger partial charge is 0.287 e. The van der Waals surface area contributed by atoms with Crippen molar-refractivity contribution >= 4 is 16.8 Å². The van der Waals surface area contributed by atoms with Gasteiger partial charge in [-0.15, -0.1) is 0 Å². The molecule has 1 amide bonds. The van der Waals surface area contributed by atoms with Gasteiger partial charge in [-0.25, -0.2) is 4.98 Å². The summed E-state index contributed by atoms with van der Waals surface area (Å²) in [4.78, 5) is 28.4. The minimum Gasteiger partial charge on any atom is -0.349 e. The zero-order valence-corrected chi connectivity index (χ0v) is 11.3. The van der Waals surface area contributed by atoms with Crippen LogP contribution in [0.2, 0.25) is 0 Å². The van der Waals surface area contributed by atoms with Crippen LogP contribution in [-0.2, 0) is 7.05 Å². The number of carbonyl (C=O) groups is 1. The highest BCUT2D eigenvalue weighted by atomic mass is 16.2. The van der Waals surface area contributed by atoms with Crippen LogP contribution < -0.4 is 10.9 Å². The van der Waals surface area contributed by atoms with Crippen molar-refractivity contribution in [3.8, 4) is 0 Å². The lowest BCUT2D eigenvalue weighted by Gasteiger charge is -2.10. The Kier molecular flexibility index (Phi) is 3.64. The van der Waals surface area contributed by atoms with Gasteiger partial charge in [0.15, 0.2) is 0 Å². The Morgan fingerprint density at radius 1 is 1.37 bits per heavy atom. The Hall–Kier alpha value is -2.17. The van der Waals surface area contributed by atoms with Gasteiger partial charge in [0.1, 0.15) is 0 Å². The second-order valence-electron chi connectivity index (χ2n) is 4.92. The van der Waals surface area contributed by atoms with Crippen LogP contribution in [0.1, 0.15) is 24.5 Å². The van der Waals surface area contributed by atoms with Gasteiger partial charge < -0.3 is 5.32 Å². The summed E-state index contributed by atoms with van der Waals surface area (Å²) in [5.74, 6) is 0.171. The molecule has 1 heterocycles. The Morgan fingerprint density at radius 3 is 2.74 bits per heavy atom. The fraction of sp³-hybridized carbons (Fsp3) is 0.357. The van der Waals surface area contributed by atoms with Crippen molar-refractivity contribution in [3.63, 3.8) is 0 Å². The van der Waals surface area contributed by atoms with E-state index in [0.29, 0.717) is 23.4 Å². The molecule has 0 aliphatic rings. The molecule has 5 nitrogen and oxygen atoms in total. The maximum absolute atomic E-state index is 12.1. The third-order valence-corrected chi connectivity index (χ3v) is 2.86. The number of benzene rings is 1. The van der Waals surface area contributed by atoms with Gasteiger partial charge in [-0.2, -0.15) is 0 Å². The van der Waals surface area contributed by atoms with Gasteiger partial charge in [0, 0.05) is 13.6 Å². The molecule has 0 saturated heterocycles. The summed E-state index contributed by atoms with van der Waals surface area (Å²) in [7, 11) is 1.56. The summed E-state index contributed by atoms with van der Waals surface area (Å²) < 4.78 is 1.29. The molecule has 0 spiro atoms. The molecule has 0 unspecified atom stereocenters. The monoisotopic (exact) mass is 259 g/mol. The van der Waals surface area contributed by atoms with Crippen molar-refractivity contribution in [1.29, 1.82) is 0 Å². The summed E-state index contributed by atoms with van der Waals surface area (Å²) in [6.07, 6.45) is 0. The molecule has 2 aromatic rings. The van der Waals surface area contributed by atoms with E-state index in [1.807, 2.05) is 13.8 Å². The highest BCUT2D eigenvalue weighted by Gasteiger charge is 2.14. The highest BCUT2D eigenvalue weighted by molar-refractivity contribution is 5.92. The minimum atomic E-state index is -0.320. The number of fused-ring (bicyclic) bond motifs is 1. The molecule has 0 aliphatic carbocycles. The van der Waals surface area contributed by atoms with Crippen LogP contribution in [0.25, 0.3) is 10.9 Å². The van der Waals surface area contributed by atoms with Crippen LogP contribution in [-0.4, -0.2) is 22.0 Å². The molecule has 1 N–H and O–H groups in total. The van der Waals surface area contributed by atoms with E-state index >= 15 is 0 Å². The first-order valence-electron chi connectivity index (χ1n) is 6.24. The zero-order valence-electron chi connectivity index (χ0n) is 11.3. The predicted molar refractivity (Wildman–Crippen MR) is 74.2 cm³/mol. The molecule has 1 aromatic heterocycles. The highest BCUT2D eigenvalue weighted by Crippen LogP contribution is 2.07. The van der Waals surface area contributed by atoms with Crippen molar-refractivity contribution < 1.29 is 4.79 Å². The molecule has 0 aliphatic heterocycles. The second kappa shape index (κ2) is 5.22. The van der Waals surface area contributed by atoms with Gasteiger partial charge >= 0.3 is 0 Å². The second-order valence-corrected chi connectivity index (χ2v) is 4.92. The molecule has 0 saturated carbocycles. The maximum Gasteiger partial charge on any atom is 0.287 e. The Labute approximate surface area is 111 Å². The molecule has 5 heteroatoms. The molecule has 0 fully saturated rings. The van der Waals surface area contributed by atoms with Crippen molar-refractivity contribution in [2.45, 2.75) is 13.8 Å². The molecule has 0 bridgehead atoms. The first kappa shape index (κ1) is 13.3. The van der Waals surface area contributed by atoms with E-state index in [0.717, 1.165) is 0 Å². The van der Waals surface area contributed by atoms with E-state index in [4.69, 9.17) is 0 Å². The van der Waals surface area contributed by atoms with E-state index in [-0.39, 0.29) is 17.3 Å². The third kappa shape index (κ3) is 2.65. The normalized spacial score (nSPS) is 10.9. The van der Waals surface area contributed by atoms with E-state index in [2.05, 4.69) is 10.3 Å². The Morgan fingerprint density at radius 2 is 2.05 bits per heavy atom. The van der Waals surface area contributed by atoms with Crippen LogP contribution in [0.4, 0.5) is 0 Å². The van der Waals surface area contributed by atoms with Crippen LogP contribution in [0.15, 0.2) is 29.1 Å². The van der Waals surface area contributed by atoms with Gasteiger partial charge in [-0.05, 0) is 18.1 Å². The standard InChI is InChI=1S/C14H17N3O2/c1-9(2)8-15-13(18)12-16-11-7-5-4-6-10(11)14(19)17(12)3/h4-7,9H,8H2,1-3H3,(H,15,18). The van der Waals surface area contributed by atoms with E-state index in [9.17, 15) is 9.59 Å². The number of nitrogens with one attached hydrogen (secondary N) is 1. The lowest BCUT2D eigenvalue weighted by Crippen LogP contribution is -2.34. The van der Waals surface area contributed by atoms with E-state index < -0.39 is 0 Å². The SMILES string of the molecule is CC(C)CNC(=O)c1nc2ccccc2c(=O)n1C. The fourth-order valence-corrected chi connectivity index (χ4v) is 1.80. The fourth-order valence-electron chi connectivity index (χ4n) is 1.80. The van der Waals surface area contributed by atoms with Crippen molar-refractivity contribution in [2.24, 2.45) is 13.0 Å². The van der Waals surface area contributed by atoms with E-state index in [1.54, 1.807) is 31.3 Å². The lowest BCUT2D eigenvalue weighted by molar-refractivity contribution is 0.0934. The summed E-state index contributed by atoms with van der Waals surface area (Å²) in [6.45, 7) is 4.57. The van der Waals surface area contributed by atoms with Gasteiger partial charge in [0.25, 0.3) is 11.5 Å². The quantitative estimate of drug-likeness (QED) is 0.904. The van der Waals surface area contributed by atoms with Crippen LogP contribution in [0.3, 0.4) is 0 Å². The van der Waals surface area contributed by atoms with Crippen LogP contribution in [0.5, 0.6) is 0 Å². The molecule has 19 heavy (non-hydrogen) atoms. The molecular formula is C14H17N3O2. The lowest BCUT2D eigenvalue weighted by atomic mass is 10.2. The number of amides is 1. The van der Waals surface area contributed by atoms with Gasteiger partial charge in [-0.1, -0.05) is 26.0 Å². The maximum atomic E-state index is 12.1. The Balaban J connectivity index is 2.47. The number of nitrogens with zero attached hydrogens (tertiary/aromatic N) is 2. The first-order valence-corrected chi connectivity index (χ1v) is 6.24. The summed E-state index contributed by atoms with van der Waals surface area (Å²) in [5, 5.41) is 3.29. The number of hydrogen-bond acceptors (Lipinski definition) is 3. The molecule has 1 aromatic carbocycles. The number of hydrogen-bond donors (Lipinski definition) is 1. The number of para-hydroxylation sites is 1. The molecular weight excluding hydrogens is 242 g/mol. The van der Waals surface area contributed by atoms with Crippen molar-refractivity contribution in [3.05, 3.63) is 40.4 Å².